The summed E-state index contributed by atoms with van der Waals surface area (Å²) in [7, 11) is -4.15. The second kappa shape index (κ2) is 9.81. The highest BCUT2D eigenvalue weighted by molar-refractivity contribution is 8.18. The molecule has 1 aliphatic heterocycles. The molecule has 0 unspecified atom stereocenters. The Morgan fingerprint density at radius 2 is 1.56 bits per heavy atom. The van der Waals surface area contributed by atoms with Gasteiger partial charge in [-0.25, -0.2) is 0 Å². The molecule has 0 bridgehead atoms. The highest BCUT2D eigenvalue weighted by Crippen LogP contribution is 2.36. The Bertz CT molecular complexity index is 1650. The highest BCUT2D eigenvalue weighted by Gasteiger charge is 2.35. The normalized spacial score (nSPS) is 15.1. The van der Waals surface area contributed by atoms with Gasteiger partial charge in [-0.2, -0.15) is 8.42 Å². The van der Waals surface area contributed by atoms with Gasteiger partial charge < -0.3 is 4.18 Å². The zero-order chi connectivity index (χ0) is 25.3. The average molecular weight is 536 g/mol. The number of amides is 2. The van der Waals surface area contributed by atoms with Crippen LogP contribution in [0.1, 0.15) is 11.1 Å². The van der Waals surface area contributed by atoms with Crippen molar-refractivity contribution < 1.29 is 22.2 Å². The predicted molar refractivity (Wildman–Crippen MR) is 141 cm³/mol. The lowest BCUT2D eigenvalue weighted by molar-refractivity contribution is -0.123. The molecule has 5 rings (SSSR count). The molecule has 1 saturated heterocycles. The van der Waals surface area contributed by atoms with Crippen LogP contribution in [0.25, 0.3) is 16.8 Å². The summed E-state index contributed by atoms with van der Waals surface area (Å²) < 4.78 is 31.6. The molecule has 4 aromatic rings. The van der Waals surface area contributed by atoms with Crippen LogP contribution >= 0.6 is 23.4 Å². The van der Waals surface area contributed by atoms with E-state index >= 15 is 0 Å². The lowest BCUT2D eigenvalue weighted by Gasteiger charge is -2.13. The van der Waals surface area contributed by atoms with Gasteiger partial charge in [0.25, 0.3) is 11.1 Å². The number of benzene rings is 4. The Labute approximate surface area is 217 Å². The maximum atomic E-state index is 13.0. The molecule has 36 heavy (non-hydrogen) atoms. The van der Waals surface area contributed by atoms with Crippen molar-refractivity contribution in [3.8, 4) is 5.75 Å². The van der Waals surface area contributed by atoms with Crippen LogP contribution in [0.5, 0.6) is 5.75 Å². The van der Waals surface area contributed by atoms with E-state index < -0.39 is 21.3 Å². The fourth-order valence-corrected chi connectivity index (χ4v) is 5.75. The molecular formula is C27H18ClNO5S2. The van der Waals surface area contributed by atoms with Crippen molar-refractivity contribution in [2.45, 2.75) is 11.4 Å². The number of hydrogen-bond donors (Lipinski definition) is 0. The lowest BCUT2D eigenvalue weighted by Crippen LogP contribution is -2.27. The molecule has 2 amide bonds. The monoisotopic (exact) mass is 535 g/mol. The summed E-state index contributed by atoms with van der Waals surface area (Å²) in [5.74, 6) is -0.444. The Hall–Kier alpha value is -3.59. The van der Waals surface area contributed by atoms with E-state index in [9.17, 15) is 18.0 Å². The van der Waals surface area contributed by atoms with E-state index in [1.54, 1.807) is 54.6 Å². The number of imide groups is 1. The van der Waals surface area contributed by atoms with Crippen molar-refractivity contribution in [3.63, 3.8) is 0 Å². The topological polar surface area (TPSA) is 80.8 Å². The molecule has 180 valence electrons. The van der Waals surface area contributed by atoms with Gasteiger partial charge in [0.1, 0.15) is 10.6 Å². The van der Waals surface area contributed by atoms with Crippen molar-refractivity contribution in [1.82, 2.24) is 4.90 Å². The van der Waals surface area contributed by atoms with Gasteiger partial charge in [0, 0.05) is 10.6 Å². The van der Waals surface area contributed by atoms with Crippen molar-refractivity contribution in [3.05, 3.63) is 112 Å². The summed E-state index contributed by atoms with van der Waals surface area (Å²) in [6, 6.07) is 25.6. The molecule has 1 fully saturated rings. The first-order valence-electron chi connectivity index (χ1n) is 10.8. The fraction of sp³-hybridized carbons (Fsp3) is 0.0370. The van der Waals surface area contributed by atoms with Crippen LogP contribution in [0.4, 0.5) is 4.79 Å². The van der Waals surface area contributed by atoms with Crippen molar-refractivity contribution in [2.24, 2.45) is 0 Å². The third-order valence-electron chi connectivity index (χ3n) is 5.57. The smallest absolute Gasteiger partial charge is 0.339 e. The van der Waals surface area contributed by atoms with Gasteiger partial charge in [-0.3, -0.25) is 14.5 Å². The molecule has 0 saturated carbocycles. The van der Waals surface area contributed by atoms with Crippen LogP contribution in [-0.2, 0) is 21.5 Å². The number of thioether (sulfide) groups is 1. The van der Waals surface area contributed by atoms with E-state index in [0.29, 0.717) is 16.1 Å². The molecule has 1 aliphatic rings. The van der Waals surface area contributed by atoms with Gasteiger partial charge in [0.05, 0.1) is 11.4 Å². The zero-order valence-electron chi connectivity index (χ0n) is 18.6. The van der Waals surface area contributed by atoms with Crippen molar-refractivity contribution in [1.29, 1.82) is 0 Å². The Morgan fingerprint density at radius 3 is 2.36 bits per heavy atom. The molecule has 4 aromatic carbocycles. The lowest BCUT2D eigenvalue weighted by atomic mass is 10.1. The minimum absolute atomic E-state index is 0.0102. The highest BCUT2D eigenvalue weighted by atomic mass is 35.5. The Kier molecular flexibility index (Phi) is 6.57. The summed E-state index contributed by atoms with van der Waals surface area (Å²) >= 11 is 6.96. The van der Waals surface area contributed by atoms with Crippen LogP contribution < -0.4 is 4.18 Å². The molecule has 0 spiro atoms. The van der Waals surface area contributed by atoms with Gasteiger partial charge in [-0.15, -0.1) is 0 Å². The third-order valence-corrected chi connectivity index (χ3v) is 8.08. The van der Waals surface area contributed by atoms with Gasteiger partial charge >= 0.3 is 10.1 Å². The summed E-state index contributed by atoms with van der Waals surface area (Å²) in [5.41, 5.74) is 0.998. The second-order valence-electron chi connectivity index (χ2n) is 7.94. The van der Waals surface area contributed by atoms with Crippen molar-refractivity contribution >= 4 is 61.5 Å². The molecule has 1 heterocycles. The van der Waals surface area contributed by atoms with Gasteiger partial charge in [0.2, 0.25) is 0 Å². The second-order valence-corrected chi connectivity index (χ2v) is 10.9. The maximum Gasteiger partial charge on any atom is 0.339 e. The summed E-state index contributed by atoms with van der Waals surface area (Å²) in [6.45, 7) is 0.0379. The number of hydrogen-bond acceptors (Lipinski definition) is 6. The number of nitrogens with zero attached hydrogens (tertiary/aromatic N) is 1. The van der Waals surface area contributed by atoms with Gasteiger partial charge in [-0.1, -0.05) is 78.3 Å². The van der Waals surface area contributed by atoms with Gasteiger partial charge in [-0.05, 0) is 58.4 Å². The standard InChI is InChI=1S/C27H18ClNO5S2/c28-23-11-5-3-10-21(23)17-29-26(30)25(35-27(29)31)16-20-9-4-6-12-24(20)34-36(32,33)22-14-13-18-7-1-2-8-19(18)15-22/h1-16H,17H2/b25-16-. The molecular weight excluding hydrogens is 518 g/mol. The Morgan fingerprint density at radius 1 is 0.861 bits per heavy atom. The van der Waals surface area contributed by atoms with Gasteiger partial charge in [0.15, 0.2) is 0 Å². The van der Waals surface area contributed by atoms with Crippen LogP contribution in [0.2, 0.25) is 5.02 Å². The van der Waals surface area contributed by atoms with Crippen LogP contribution in [0.15, 0.2) is 101 Å². The van der Waals surface area contributed by atoms with Crippen molar-refractivity contribution in [2.75, 3.05) is 0 Å². The van der Waals surface area contributed by atoms with E-state index in [1.165, 1.54) is 18.2 Å². The average Bonchev–Trinajstić information content (AvgIpc) is 3.13. The molecule has 0 radical (unpaired) electrons. The fourth-order valence-electron chi connectivity index (χ4n) is 3.74. The zero-order valence-corrected chi connectivity index (χ0v) is 21.0. The summed E-state index contributed by atoms with van der Waals surface area (Å²) in [4.78, 5) is 26.8. The first-order chi connectivity index (χ1) is 17.3. The number of carbonyl (C=O) groups excluding carboxylic acids is 2. The minimum Gasteiger partial charge on any atom is -0.378 e. The first-order valence-corrected chi connectivity index (χ1v) is 13.4. The molecule has 9 heteroatoms. The SMILES string of the molecule is O=C1S/C(=C\c2ccccc2OS(=O)(=O)c2ccc3ccccc3c2)C(=O)N1Cc1ccccc1Cl. The maximum absolute atomic E-state index is 13.0. The molecule has 6 nitrogen and oxygen atoms in total. The van der Waals surface area contributed by atoms with Crippen LogP contribution in [0.3, 0.4) is 0 Å². The number of halogens is 1. The van der Waals surface area contributed by atoms with E-state index in [1.807, 2.05) is 24.3 Å². The number of para-hydroxylation sites is 1. The molecule has 0 atom stereocenters. The van der Waals surface area contributed by atoms with E-state index in [2.05, 4.69) is 0 Å². The summed E-state index contributed by atoms with van der Waals surface area (Å²) in [5, 5.41) is 1.69. The minimum atomic E-state index is -4.15. The molecule has 0 aromatic heterocycles. The first kappa shape index (κ1) is 24.1. The van der Waals surface area contributed by atoms with E-state index in [4.69, 9.17) is 15.8 Å². The van der Waals surface area contributed by atoms with E-state index in [0.717, 1.165) is 27.4 Å². The van der Waals surface area contributed by atoms with Crippen LogP contribution in [0, 0.1) is 0 Å². The number of carbonyl (C=O) groups is 2. The molecule has 0 N–H and O–H groups in total. The number of rotatable bonds is 6. The van der Waals surface area contributed by atoms with E-state index in [-0.39, 0.29) is 22.1 Å². The Balaban J connectivity index is 1.42. The summed E-state index contributed by atoms with van der Waals surface area (Å²) in [6.07, 6.45) is 1.46. The van der Waals surface area contributed by atoms with Crippen LogP contribution in [-0.4, -0.2) is 24.5 Å². The molecule has 0 aliphatic carbocycles. The largest absolute Gasteiger partial charge is 0.378 e. The third kappa shape index (κ3) is 4.88. The predicted octanol–water partition coefficient (Wildman–Crippen LogP) is 6.50. The quantitative estimate of drug-likeness (QED) is 0.207. The number of fused-ring (bicyclic) bond motifs is 1.